The van der Waals surface area contributed by atoms with Crippen LogP contribution >= 0.6 is 0 Å². The zero-order valence-electron chi connectivity index (χ0n) is 20.1. The molecule has 0 amide bonds. The van der Waals surface area contributed by atoms with Crippen molar-refractivity contribution in [3.05, 3.63) is 47.9 Å². The Balaban J connectivity index is 1.45. The summed E-state index contributed by atoms with van der Waals surface area (Å²) in [5.41, 5.74) is 2.98. The molecule has 0 saturated carbocycles. The first-order valence-electron chi connectivity index (χ1n) is 12.1. The molecule has 4 aromatic rings. The number of anilines is 3. The highest BCUT2D eigenvalue weighted by Crippen LogP contribution is 2.36. The molecule has 10 heteroatoms. The minimum atomic E-state index is -0.458. The summed E-state index contributed by atoms with van der Waals surface area (Å²) in [6.07, 6.45) is 4.29. The summed E-state index contributed by atoms with van der Waals surface area (Å²) in [4.78, 5) is 6.42. The van der Waals surface area contributed by atoms with Gasteiger partial charge in [-0.1, -0.05) is 0 Å². The SMILES string of the molecule is Cc1cn2cc(Nc3nn(C4CCOC4)c4cc(N5C[C@@H](C)N[C@@H](C)C5)cc(F)c34)cc(F)c2n1. The predicted octanol–water partition coefficient (Wildman–Crippen LogP) is 4.16. The van der Waals surface area contributed by atoms with Crippen LogP contribution in [0.4, 0.5) is 26.0 Å². The van der Waals surface area contributed by atoms with Crippen molar-refractivity contribution in [3.63, 3.8) is 0 Å². The number of imidazole rings is 1. The monoisotopic (exact) mass is 481 g/mol. The fraction of sp³-hybridized carbons (Fsp3) is 0.440. The van der Waals surface area contributed by atoms with Crippen LogP contribution in [0.3, 0.4) is 0 Å². The number of nitrogens with one attached hydrogen (secondary N) is 2. The standard InChI is InChI=1S/C25H29F2N7O/c1-14-9-32(10-15(2)28-14)19-7-20(26)23-22(8-19)34(18-4-5-35-13-18)31-24(23)30-17-6-21(27)25-29-16(3)11-33(25)12-17/h6-8,11-12,14-15,18,28H,4-5,9-10,13H2,1-3H3,(H,30,31)/t14-,15+,18?. The smallest absolute Gasteiger partial charge is 0.173 e. The van der Waals surface area contributed by atoms with Crippen molar-refractivity contribution in [2.75, 3.05) is 36.5 Å². The van der Waals surface area contributed by atoms with E-state index in [0.717, 1.165) is 25.2 Å². The number of hydrogen-bond acceptors (Lipinski definition) is 6. The lowest BCUT2D eigenvalue weighted by atomic mass is 10.1. The van der Waals surface area contributed by atoms with E-state index in [0.29, 0.717) is 53.4 Å². The molecule has 2 N–H and O–H groups in total. The minimum absolute atomic E-state index is 0.0130. The summed E-state index contributed by atoms with van der Waals surface area (Å²) in [6, 6.07) is 5.58. The summed E-state index contributed by atoms with van der Waals surface area (Å²) in [5.74, 6) is -0.460. The van der Waals surface area contributed by atoms with Crippen molar-refractivity contribution < 1.29 is 13.5 Å². The number of nitrogens with zero attached hydrogens (tertiary/aromatic N) is 5. The van der Waals surface area contributed by atoms with Gasteiger partial charge >= 0.3 is 0 Å². The molecule has 3 atom stereocenters. The molecule has 2 fully saturated rings. The molecule has 0 aliphatic carbocycles. The number of aromatic nitrogens is 4. The normalized spacial score (nSPS) is 23.0. The Hall–Kier alpha value is -3.24. The first kappa shape index (κ1) is 22.2. The average Bonchev–Trinajstić information content (AvgIpc) is 3.52. The Bertz CT molecular complexity index is 1400. The van der Waals surface area contributed by atoms with Crippen molar-refractivity contribution in [2.24, 2.45) is 0 Å². The van der Waals surface area contributed by atoms with Gasteiger partial charge in [0.25, 0.3) is 0 Å². The molecule has 1 aromatic carbocycles. The second-order valence-corrected chi connectivity index (χ2v) is 9.82. The number of fused-ring (bicyclic) bond motifs is 2. The maximum atomic E-state index is 15.7. The van der Waals surface area contributed by atoms with Gasteiger partial charge in [0.1, 0.15) is 5.82 Å². The summed E-state index contributed by atoms with van der Waals surface area (Å²) < 4.78 is 39.5. The Morgan fingerprint density at radius 3 is 2.63 bits per heavy atom. The van der Waals surface area contributed by atoms with Gasteiger partial charge in [0.2, 0.25) is 0 Å². The van der Waals surface area contributed by atoms with Crippen molar-refractivity contribution in [3.8, 4) is 0 Å². The van der Waals surface area contributed by atoms with Crippen molar-refractivity contribution in [1.29, 1.82) is 0 Å². The third-order valence-corrected chi connectivity index (χ3v) is 6.81. The Kier molecular flexibility index (Phi) is 5.37. The molecule has 3 aromatic heterocycles. The second-order valence-electron chi connectivity index (χ2n) is 9.82. The first-order valence-corrected chi connectivity index (χ1v) is 12.1. The highest BCUT2D eigenvalue weighted by atomic mass is 19.1. The third kappa shape index (κ3) is 4.00. The van der Waals surface area contributed by atoms with Crippen molar-refractivity contribution in [1.82, 2.24) is 24.5 Å². The number of halogens is 2. The largest absolute Gasteiger partial charge is 0.379 e. The second kappa shape index (κ2) is 8.46. The van der Waals surface area contributed by atoms with Gasteiger partial charge in [0.05, 0.1) is 34.9 Å². The van der Waals surface area contributed by atoms with Gasteiger partial charge in [-0.25, -0.2) is 13.8 Å². The molecule has 2 aliphatic rings. The van der Waals surface area contributed by atoms with Gasteiger partial charge in [-0.15, -0.1) is 0 Å². The number of hydrogen-bond donors (Lipinski definition) is 2. The maximum absolute atomic E-state index is 15.7. The van der Waals surface area contributed by atoms with Crippen LogP contribution in [-0.4, -0.2) is 57.6 Å². The summed E-state index contributed by atoms with van der Waals surface area (Å²) in [5, 5.41) is 11.8. The number of aryl methyl sites for hydroxylation is 1. The number of pyridine rings is 1. The van der Waals surface area contributed by atoms with E-state index in [1.54, 1.807) is 22.9 Å². The van der Waals surface area contributed by atoms with Gasteiger partial charge in [-0.3, -0.25) is 4.68 Å². The van der Waals surface area contributed by atoms with E-state index in [4.69, 9.17) is 9.84 Å². The van der Waals surface area contributed by atoms with Crippen LogP contribution < -0.4 is 15.5 Å². The Morgan fingerprint density at radius 1 is 1.09 bits per heavy atom. The number of benzene rings is 1. The summed E-state index contributed by atoms with van der Waals surface area (Å²) >= 11 is 0. The van der Waals surface area contributed by atoms with Gasteiger partial charge in [0.15, 0.2) is 17.3 Å². The predicted molar refractivity (Wildman–Crippen MR) is 132 cm³/mol. The number of ether oxygens (including phenoxy) is 1. The molecule has 2 aliphatic heterocycles. The topological polar surface area (TPSA) is 71.7 Å². The van der Waals surface area contributed by atoms with E-state index < -0.39 is 5.82 Å². The average molecular weight is 482 g/mol. The van der Waals surface area contributed by atoms with Crippen LogP contribution in [0.15, 0.2) is 30.6 Å². The molecule has 0 spiro atoms. The molecule has 8 nitrogen and oxygen atoms in total. The van der Waals surface area contributed by atoms with Gasteiger partial charge in [-0.05, 0) is 39.3 Å². The molecule has 5 heterocycles. The van der Waals surface area contributed by atoms with E-state index >= 15 is 4.39 Å². The minimum Gasteiger partial charge on any atom is -0.379 e. The molecular weight excluding hydrogens is 452 g/mol. The van der Waals surface area contributed by atoms with Gasteiger partial charge in [-0.2, -0.15) is 5.10 Å². The molecule has 35 heavy (non-hydrogen) atoms. The van der Waals surface area contributed by atoms with Crippen LogP contribution in [0.5, 0.6) is 0 Å². The molecule has 0 radical (unpaired) electrons. The van der Waals surface area contributed by atoms with Crippen LogP contribution in [0.2, 0.25) is 0 Å². The van der Waals surface area contributed by atoms with Crippen LogP contribution in [0, 0.1) is 18.6 Å². The zero-order valence-corrected chi connectivity index (χ0v) is 20.1. The lowest BCUT2D eigenvalue weighted by molar-refractivity contribution is 0.185. The third-order valence-electron chi connectivity index (χ3n) is 6.81. The Labute approximate surface area is 201 Å². The van der Waals surface area contributed by atoms with Crippen molar-refractivity contribution in [2.45, 2.75) is 45.3 Å². The van der Waals surface area contributed by atoms with Crippen LogP contribution in [-0.2, 0) is 4.74 Å². The summed E-state index contributed by atoms with van der Waals surface area (Å²) in [7, 11) is 0. The molecule has 1 unspecified atom stereocenters. The van der Waals surface area contributed by atoms with E-state index in [9.17, 15) is 4.39 Å². The molecule has 0 bridgehead atoms. The lowest BCUT2D eigenvalue weighted by Gasteiger charge is -2.37. The van der Waals surface area contributed by atoms with E-state index in [-0.39, 0.29) is 17.5 Å². The van der Waals surface area contributed by atoms with E-state index in [1.165, 1.54) is 6.07 Å². The van der Waals surface area contributed by atoms with Crippen LogP contribution in [0.1, 0.15) is 32.0 Å². The molecule has 2 saturated heterocycles. The number of rotatable bonds is 4. The fourth-order valence-corrected chi connectivity index (χ4v) is 5.39. The molecule has 184 valence electrons. The number of piperazine rings is 1. The highest BCUT2D eigenvalue weighted by molar-refractivity contribution is 5.94. The quantitative estimate of drug-likeness (QED) is 0.456. The summed E-state index contributed by atoms with van der Waals surface area (Å²) in [6.45, 7) is 8.85. The van der Waals surface area contributed by atoms with E-state index in [2.05, 4.69) is 34.4 Å². The fourth-order valence-electron chi connectivity index (χ4n) is 5.39. The lowest BCUT2D eigenvalue weighted by Crippen LogP contribution is -2.54. The first-order chi connectivity index (χ1) is 16.9. The van der Waals surface area contributed by atoms with E-state index in [1.807, 2.05) is 17.7 Å². The molecule has 6 rings (SSSR count). The molecular formula is C25H29F2N7O. The maximum Gasteiger partial charge on any atom is 0.173 e. The zero-order chi connectivity index (χ0) is 24.3. The van der Waals surface area contributed by atoms with Crippen molar-refractivity contribution >= 4 is 33.7 Å². The highest BCUT2D eigenvalue weighted by Gasteiger charge is 2.27. The Morgan fingerprint density at radius 2 is 1.89 bits per heavy atom. The van der Waals surface area contributed by atoms with Gasteiger partial charge < -0.3 is 24.7 Å². The van der Waals surface area contributed by atoms with Gasteiger partial charge in [0, 0.05) is 55.9 Å². The van der Waals surface area contributed by atoms with Crippen LogP contribution in [0.25, 0.3) is 16.6 Å².